The molecule has 1 aromatic rings. The largest absolute Gasteiger partial charge is 0.390 e. The third-order valence-electron chi connectivity index (χ3n) is 2.76. The van der Waals surface area contributed by atoms with E-state index in [-0.39, 0.29) is 0 Å². The van der Waals surface area contributed by atoms with Gasteiger partial charge in [0.15, 0.2) is 0 Å². The van der Waals surface area contributed by atoms with Crippen LogP contribution in [0.3, 0.4) is 0 Å². The fourth-order valence-electron chi connectivity index (χ4n) is 1.56. The molecule has 4 heteroatoms. The first-order valence-corrected chi connectivity index (χ1v) is 5.39. The van der Waals surface area contributed by atoms with Gasteiger partial charge in [0.05, 0.1) is 5.60 Å². The SMILES string of the molecule is CNCCC(C)(O)CCc1ccnn1C. The topological polar surface area (TPSA) is 50.1 Å². The van der Waals surface area contributed by atoms with Crippen molar-refractivity contribution in [2.45, 2.75) is 31.8 Å². The van der Waals surface area contributed by atoms with Crippen molar-refractivity contribution in [3.63, 3.8) is 0 Å². The van der Waals surface area contributed by atoms with Gasteiger partial charge in [-0.1, -0.05) is 0 Å². The molecule has 0 bridgehead atoms. The van der Waals surface area contributed by atoms with Crippen molar-refractivity contribution in [3.05, 3.63) is 18.0 Å². The zero-order valence-corrected chi connectivity index (χ0v) is 9.82. The number of nitrogens with zero attached hydrogens (tertiary/aromatic N) is 2. The van der Waals surface area contributed by atoms with Crippen molar-refractivity contribution >= 4 is 0 Å². The fourth-order valence-corrected chi connectivity index (χ4v) is 1.56. The Morgan fingerprint density at radius 2 is 2.27 bits per heavy atom. The maximum absolute atomic E-state index is 10.1. The summed E-state index contributed by atoms with van der Waals surface area (Å²) in [6.45, 7) is 2.74. The van der Waals surface area contributed by atoms with Crippen LogP contribution in [0.25, 0.3) is 0 Å². The Bertz CT molecular complexity index is 294. The summed E-state index contributed by atoms with van der Waals surface area (Å²) in [5, 5.41) is 17.2. The van der Waals surface area contributed by atoms with Gasteiger partial charge in [0, 0.05) is 18.9 Å². The van der Waals surface area contributed by atoms with Gasteiger partial charge >= 0.3 is 0 Å². The summed E-state index contributed by atoms with van der Waals surface area (Å²) in [4.78, 5) is 0. The van der Waals surface area contributed by atoms with Gasteiger partial charge in [-0.2, -0.15) is 5.10 Å². The Labute approximate surface area is 91.3 Å². The minimum atomic E-state index is -0.590. The second-order valence-corrected chi connectivity index (χ2v) is 4.30. The maximum Gasteiger partial charge on any atom is 0.0635 e. The summed E-state index contributed by atoms with van der Waals surface area (Å²) in [6, 6.07) is 1.99. The zero-order chi connectivity index (χ0) is 11.3. The van der Waals surface area contributed by atoms with E-state index in [0.717, 1.165) is 25.8 Å². The molecule has 0 radical (unpaired) electrons. The first-order valence-electron chi connectivity index (χ1n) is 5.39. The molecule has 86 valence electrons. The van der Waals surface area contributed by atoms with Gasteiger partial charge in [-0.15, -0.1) is 0 Å². The summed E-state index contributed by atoms with van der Waals surface area (Å²) >= 11 is 0. The quantitative estimate of drug-likeness (QED) is 0.728. The van der Waals surface area contributed by atoms with Crippen LogP contribution in [0.15, 0.2) is 12.3 Å². The van der Waals surface area contributed by atoms with Gasteiger partial charge < -0.3 is 10.4 Å². The highest BCUT2D eigenvalue weighted by atomic mass is 16.3. The van der Waals surface area contributed by atoms with Crippen LogP contribution in [0.1, 0.15) is 25.5 Å². The molecule has 15 heavy (non-hydrogen) atoms. The highest BCUT2D eigenvalue weighted by molar-refractivity contribution is 5.00. The molecule has 0 spiro atoms. The highest BCUT2D eigenvalue weighted by Crippen LogP contribution is 2.16. The summed E-state index contributed by atoms with van der Waals surface area (Å²) in [5.74, 6) is 0. The van der Waals surface area contributed by atoms with Gasteiger partial charge in [0.1, 0.15) is 0 Å². The molecule has 1 heterocycles. The first kappa shape index (κ1) is 12.2. The lowest BCUT2D eigenvalue weighted by Crippen LogP contribution is -2.29. The van der Waals surface area contributed by atoms with Crippen LogP contribution >= 0.6 is 0 Å². The molecular weight excluding hydrogens is 190 g/mol. The Morgan fingerprint density at radius 3 is 2.80 bits per heavy atom. The van der Waals surface area contributed by atoms with Crippen LogP contribution in [0, 0.1) is 0 Å². The molecule has 1 unspecified atom stereocenters. The van der Waals surface area contributed by atoms with E-state index in [9.17, 15) is 5.11 Å². The van der Waals surface area contributed by atoms with E-state index >= 15 is 0 Å². The lowest BCUT2D eigenvalue weighted by atomic mass is 9.95. The monoisotopic (exact) mass is 211 g/mol. The molecule has 4 nitrogen and oxygen atoms in total. The third-order valence-corrected chi connectivity index (χ3v) is 2.76. The maximum atomic E-state index is 10.1. The standard InChI is InChI=1S/C11H21N3O/c1-11(15,7-9-12-2)6-4-10-5-8-13-14(10)3/h5,8,12,15H,4,6-7,9H2,1-3H3. The van der Waals surface area contributed by atoms with Crippen molar-refractivity contribution in [3.8, 4) is 0 Å². The summed E-state index contributed by atoms with van der Waals surface area (Å²) in [5.41, 5.74) is 0.576. The molecule has 0 amide bonds. The molecule has 0 aliphatic rings. The van der Waals surface area contributed by atoms with E-state index in [0.29, 0.717) is 0 Å². The Balaban J connectivity index is 2.39. The predicted molar refractivity (Wildman–Crippen MR) is 60.7 cm³/mol. The first-order chi connectivity index (χ1) is 7.05. The van der Waals surface area contributed by atoms with Crippen molar-refractivity contribution < 1.29 is 5.11 Å². The molecule has 0 saturated heterocycles. The summed E-state index contributed by atoms with van der Waals surface area (Å²) in [6.07, 6.45) is 4.21. The van der Waals surface area contributed by atoms with E-state index < -0.39 is 5.60 Å². The van der Waals surface area contributed by atoms with Gasteiger partial charge in [-0.25, -0.2) is 0 Å². The lowest BCUT2D eigenvalue weighted by Gasteiger charge is -2.22. The lowest BCUT2D eigenvalue weighted by molar-refractivity contribution is 0.0426. The minimum absolute atomic E-state index is 0.590. The van der Waals surface area contributed by atoms with Crippen molar-refractivity contribution in [2.24, 2.45) is 7.05 Å². The average Bonchev–Trinajstić information content (AvgIpc) is 2.58. The molecule has 1 aromatic heterocycles. The molecule has 2 N–H and O–H groups in total. The number of aryl methyl sites for hydroxylation is 2. The molecule has 0 saturated carbocycles. The normalized spacial score (nSPS) is 15.2. The molecule has 1 rings (SSSR count). The van der Waals surface area contributed by atoms with E-state index in [4.69, 9.17) is 0 Å². The Morgan fingerprint density at radius 1 is 1.53 bits per heavy atom. The molecule has 0 aromatic carbocycles. The predicted octanol–water partition coefficient (Wildman–Crippen LogP) is 0.713. The Kier molecular flexibility index (Phi) is 4.29. The molecule has 0 aliphatic carbocycles. The van der Waals surface area contributed by atoms with Crippen molar-refractivity contribution in [2.75, 3.05) is 13.6 Å². The van der Waals surface area contributed by atoms with Crippen LogP contribution in [0.2, 0.25) is 0 Å². The fraction of sp³-hybridized carbons (Fsp3) is 0.727. The van der Waals surface area contributed by atoms with Crippen LogP contribution in [0.4, 0.5) is 0 Å². The summed E-state index contributed by atoms with van der Waals surface area (Å²) < 4.78 is 1.86. The number of aliphatic hydroxyl groups is 1. The van der Waals surface area contributed by atoms with Crippen LogP contribution in [-0.4, -0.2) is 34.1 Å². The molecule has 0 fully saturated rings. The van der Waals surface area contributed by atoms with Crippen LogP contribution in [0.5, 0.6) is 0 Å². The van der Waals surface area contributed by atoms with Crippen LogP contribution in [-0.2, 0) is 13.5 Å². The number of hydrogen-bond donors (Lipinski definition) is 2. The third kappa shape index (κ3) is 4.01. The average molecular weight is 211 g/mol. The Hall–Kier alpha value is -0.870. The van der Waals surface area contributed by atoms with E-state index in [1.54, 1.807) is 6.20 Å². The number of aromatic nitrogens is 2. The van der Waals surface area contributed by atoms with E-state index in [1.165, 1.54) is 5.69 Å². The minimum Gasteiger partial charge on any atom is -0.390 e. The number of rotatable bonds is 6. The van der Waals surface area contributed by atoms with Crippen molar-refractivity contribution in [1.29, 1.82) is 0 Å². The summed E-state index contributed by atoms with van der Waals surface area (Å²) in [7, 11) is 3.83. The van der Waals surface area contributed by atoms with E-state index in [1.807, 2.05) is 31.8 Å². The van der Waals surface area contributed by atoms with Crippen LogP contribution < -0.4 is 5.32 Å². The molecule has 0 aliphatic heterocycles. The second-order valence-electron chi connectivity index (χ2n) is 4.30. The number of hydrogen-bond acceptors (Lipinski definition) is 3. The van der Waals surface area contributed by atoms with Gasteiger partial charge in [0.25, 0.3) is 0 Å². The smallest absolute Gasteiger partial charge is 0.0635 e. The second kappa shape index (κ2) is 5.28. The van der Waals surface area contributed by atoms with Gasteiger partial charge in [-0.05, 0) is 45.8 Å². The van der Waals surface area contributed by atoms with Crippen molar-refractivity contribution in [1.82, 2.24) is 15.1 Å². The zero-order valence-electron chi connectivity index (χ0n) is 9.82. The molecular formula is C11H21N3O. The van der Waals surface area contributed by atoms with Gasteiger partial charge in [0.2, 0.25) is 0 Å². The van der Waals surface area contributed by atoms with Gasteiger partial charge in [-0.3, -0.25) is 4.68 Å². The highest BCUT2D eigenvalue weighted by Gasteiger charge is 2.19. The van der Waals surface area contributed by atoms with E-state index in [2.05, 4.69) is 10.4 Å². The molecule has 1 atom stereocenters. The number of nitrogens with one attached hydrogen (secondary N) is 1.